The number of carboxylic acid groups (broad SMARTS) is 1. The molecule has 0 radical (unpaired) electrons. The average molecular weight is 429 g/mol. The van der Waals surface area contributed by atoms with Crippen molar-refractivity contribution in [3.63, 3.8) is 0 Å². The lowest BCUT2D eigenvalue weighted by Gasteiger charge is -2.32. The highest BCUT2D eigenvalue weighted by Crippen LogP contribution is 2.36. The highest BCUT2D eigenvalue weighted by Gasteiger charge is 2.33. The summed E-state index contributed by atoms with van der Waals surface area (Å²) in [7, 11) is 0. The van der Waals surface area contributed by atoms with E-state index in [0.717, 1.165) is 24.2 Å². The van der Waals surface area contributed by atoms with E-state index in [9.17, 15) is 14.4 Å². The molecule has 0 aliphatic carbocycles. The first-order chi connectivity index (χ1) is 14.5. The van der Waals surface area contributed by atoms with E-state index in [1.54, 1.807) is 12.1 Å². The van der Waals surface area contributed by atoms with Gasteiger partial charge in [-0.25, -0.2) is 0 Å². The predicted octanol–water partition coefficient (Wildman–Crippen LogP) is 1.77. The lowest BCUT2D eigenvalue weighted by molar-refractivity contribution is -0.138. The average Bonchev–Trinajstić information content (AvgIpc) is 2.76. The second-order valence-electron chi connectivity index (χ2n) is 7.27. The molecule has 2 aromatic carbocycles. The molecule has 2 aromatic rings. The summed E-state index contributed by atoms with van der Waals surface area (Å²) in [5.74, 6) is -1.11. The van der Waals surface area contributed by atoms with Gasteiger partial charge in [0.15, 0.2) is 0 Å². The number of benzene rings is 2. The highest BCUT2D eigenvalue weighted by atomic mass is 32.2. The van der Waals surface area contributed by atoms with Gasteiger partial charge in [0.05, 0.1) is 19.1 Å². The molecule has 0 saturated carbocycles. The third kappa shape index (κ3) is 3.76. The molecule has 2 aliphatic heterocycles. The standard InChI is InChI=1S/C21H23N3O5S/c22-16(21(27)28)6-11-30-12-24-19(25)14-3-1-2-13-17(23-7-9-29-10-8-23)5-4-15(18(13)14)20(24)26/h1-5,16H,6-12,22H2,(H,27,28)/t16-/m0/s1. The van der Waals surface area contributed by atoms with Crippen LogP contribution in [0.3, 0.4) is 0 Å². The van der Waals surface area contributed by atoms with Crippen LogP contribution in [0.2, 0.25) is 0 Å². The van der Waals surface area contributed by atoms with E-state index in [4.69, 9.17) is 15.6 Å². The van der Waals surface area contributed by atoms with Gasteiger partial charge in [0.25, 0.3) is 11.8 Å². The molecule has 0 bridgehead atoms. The summed E-state index contributed by atoms with van der Waals surface area (Å²) in [6.45, 7) is 2.83. The van der Waals surface area contributed by atoms with Gasteiger partial charge in [-0.2, -0.15) is 0 Å². The van der Waals surface area contributed by atoms with Crippen molar-refractivity contribution >= 4 is 46.0 Å². The predicted molar refractivity (Wildman–Crippen MR) is 115 cm³/mol. The molecular formula is C21H23N3O5S. The van der Waals surface area contributed by atoms with Crippen molar-refractivity contribution in [2.24, 2.45) is 5.73 Å². The van der Waals surface area contributed by atoms with Gasteiger partial charge < -0.3 is 20.5 Å². The Morgan fingerprint density at radius 3 is 2.53 bits per heavy atom. The zero-order chi connectivity index (χ0) is 21.3. The lowest BCUT2D eigenvalue weighted by Crippen LogP contribution is -2.40. The van der Waals surface area contributed by atoms with E-state index < -0.39 is 12.0 Å². The van der Waals surface area contributed by atoms with Crippen molar-refractivity contribution in [1.29, 1.82) is 0 Å². The first-order valence-corrected chi connectivity index (χ1v) is 10.9. The quantitative estimate of drug-likeness (QED) is 0.506. The van der Waals surface area contributed by atoms with Crippen molar-refractivity contribution in [1.82, 2.24) is 4.90 Å². The fourth-order valence-corrected chi connectivity index (χ4v) is 4.78. The summed E-state index contributed by atoms with van der Waals surface area (Å²) < 4.78 is 5.44. The minimum Gasteiger partial charge on any atom is -0.480 e. The maximum absolute atomic E-state index is 13.1. The minimum atomic E-state index is -1.06. The molecule has 1 fully saturated rings. The Balaban J connectivity index is 1.59. The van der Waals surface area contributed by atoms with Gasteiger partial charge >= 0.3 is 5.97 Å². The summed E-state index contributed by atoms with van der Waals surface area (Å²) in [5, 5.41) is 10.5. The van der Waals surface area contributed by atoms with Crippen LogP contribution in [0.4, 0.5) is 5.69 Å². The van der Waals surface area contributed by atoms with Gasteiger partial charge in [-0.05, 0) is 30.4 Å². The summed E-state index contributed by atoms with van der Waals surface area (Å²) in [4.78, 5) is 40.4. The lowest BCUT2D eigenvalue weighted by atomic mass is 9.93. The Bertz CT molecular complexity index is 983. The van der Waals surface area contributed by atoms with Gasteiger partial charge in [-0.3, -0.25) is 19.3 Å². The van der Waals surface area contributed by atoms with E-state index in [2.05, 4.69) is 4.90 Å². The van der Waals surface area contributed by atoms with Crippen molar-refractivity contribution < 1.29 is 24.2 Å². The van der Waals surface area contributed by atoms with E-state index in [-0.39, 0.29) is 24.1 Å². The number of nitrogens with two attached hydrogens (primary N) is 1. The maximum atomic E-state index is 13.1. The normalized spacial score (nSPS) is 17.5. The Kier molecular flexibility index (Phi) is 5.94. The number of imide groups is 1. The molecule has 4 rings (SSSR count). The topological polar surface area (TPSA) is 113 Å². The fraction of sp³-hybridized carbons (Fsp3) is 0.381. The number of carboxylic acids is 1. The van der Waals surface area contributed by atoms with Crippen LogP contribution in [0, 0.1) is 0 Å². The number of carbonyl (C=O) groups is 3. The summed E-state index contributed by atoms with van der Waals surface area (Å²) in [6.07, 6.45) is 0.269. The van der Waals surface area contributed by atoms with E-state index in [1.807, 2.05) is 18.2 Å². The van der Waals surface area contributed by atoms with Crippen LogP contribution >= 0.6 is 11.8 Å². The largest absolute Gasteiger partial charge is 0.480 e. The molecule has 1 saturated heterocycles. The number of aliphatic carboxylic acids is 1. The smallest absolute Gasteiger partial charge is 0.320 e. The number of anilines is 1. The summed E-state index contributed by atoms with van der Waals surface area (Å²) in [5.41, 5.74) is 7.54. The third-order valence-corrected chi connectivity index (χ3v) is 6.40. The summed E-state index contributed by atoms with van der Waals surface area (Å²) in [6, 6.07) is 8.34. The first kappa shape index (κ1) is 20.6. The van der Waals surface area contributed by atoms with Crippen LogP contribution in [0.15, 0.2) is 30.3 Å². The molecule has 2 amide bonds. The Morgan fingerprint density at radius 1 is 1.13 bits per heavy atom. The zero-order valence-corrected chi connectivity index (χ0v) is 17.2. The Labute approximate surface area is 177 Å². The number of hydrogen-bond donors (Lipinski definition) is 2. The molecule has 2 aliphatic rings. The number of carbonyl (C=O) groups excluding carboxylic acids is 2. The molecule has 158 valence electrons. The second-order valence-corrected chi connectivity index (χ2v) is 8.34. The van der Waals surface area contributed by atoms with Crippen molar-refractivity contribution in [2.45, 2.75) is 12.5 Å². The van der Waals surface area contributed by atoms with Gasteiger partial charge in [0, 0.05) is 40.7 Å². The zero-order valence-electron chi connectivity index (χ0n) is 16.4. The molecule has 9 heteroatoms. The SMILES string of the molecule is N[C@@H](CCSCN1C(=O)c2cccc3c(N4CCOCC4)ccc(c23)C1=O)C(=O)O. The monoisotopic (exact) mass is 429 g/mol. The Morgan fingerprint density at radius 2 is 1.83 bits per heavy atom. The number of amides is 2. The van der Waals surface area contributed by atoms with Gasteiger partial charge in [0.1, 0.15) is 6.04 Å². The number of hydrogen-bond acceptors (Lipinski definition) is 7. The van der Waals surface area contributed by atoms with Crippen molar-refractivity contribution in [3.05, 3.63) is 41.5 Å². The Hall–Kier alpha value is -2.62. The molecule has 3 N–H and O–H groups in total. The number of morpholine rings is 1. The van der Waals surface area contributed by atoms with Crippen molar-refractivity contribution in [2.75, 3.05) is 42.8 Å². The maximum Gasteiger partial charge on any atom is 0.320 e. The van der Waals surface area contributed by atoms with E-state index in [0.29, 0.717) is 35.5 Å². The molecule has 0 aromatic heterocycles. The fourth-order valence-electron chi connectivity index (χ4n) is 3.82. The van der Waals surface area contributed by atoms with Crippen LogP contribution < -0.4 is 10.6 Å². The number of thioether (sulfide) groups is 1. The molecule has 30 heavy (non-hydrogen) atoms. The van der Waals surface area contributed by atoms with Crippen LogP contribution in [-0.4, -0.2) is 71.8 Å². The second kappa shape index (κ2) is 8.63. The van der Waals surface area contributed by atoms with Gasteiger partial charge in [0.2, 0.25) is 0 Å². The van der Waals surface area contributed by atoms with Crippen LogP contribution in [-0.2, 0) is 9.53 Å². The van der Waals surface area contributed by atoms with Crippen LogP contribution in [0.25, 0.3) is 10.8 Å². The third-order valence-electron chi connectivity index (χ3n) is 5.43. The van der Waals surface area contributed by atoms with Crippen LogP contribution in [0.1, 0.15) is 27.1 Å². The van der Waals surface area contributed by atoms with Crippen molar-refractivity contribution in [3.8, 4) is 0 Å². The summed E-state index contributed by atoms with van der Waals surface area (Å²) >= 11 is 1.32. The molecule has 0 spiro atoms. The minimum absolute atomic E-state index is 0.158. The van der Waals surface area contributed by atoms with Crippen LogP contribution in [0.5, 0.6) is 0 Å². The first-order valence-electron chi connectivity index (χ1n) is 9.80. The molecule has 1 atom stereocenters. The number of nitrogens with zero attached hydrogens (tertiary/aromatic N) is 2. The highest BCUT2D eigenvalue weighted by molar-refractivity contribution is 7.99. The van der Waals surface area contributed by atoms with E-state index >= 15 is 0 Å². The molecule has 0 unspecified atom stereocenters. The number of ether oxygens (including phenoxy) is 1. The molecule has 2 heterocycles. The molecular weight excluding hydrogens is 406 g/mol. The van der Waals surface area contributed by atoms with E-state index in [1.165, 1.54) is 16.7 Å². The van der Waals surface area contributed by atoms with Gasteiger partial charge in [-0.1, -0.05) is 12.1 Å². The van der Waals surface area contributed by atoms with Gasteiger partial charge in [-0.15, -0.1) is 11.8 Å². The number of rotatable bonds is 7. The molecule has 8 nitrogen and oxygen atoms in total.